The molecule has 0 radical (unpaired) electrons. The van der Waals surface area contributed by atoms with E-state index in [1.165, 1.54) is 6.92 Å². The summed E-state index contributed by atoms with van der Waals surface area (Å²) >= 11 is 0. The molecule has 7 nitrogen and oxygen atoms in total. The first-order valence-corrected chi connectivity index (χ1v) is 8.97. The van der Waals surface area contributed by atoms with E-state index in [-0.39, 0.29) is 22.4 Å². The summed E-state index contributed by atoms with van der Waals surface area (Å²) < 4.78 is 1.22. The van der Waals surface area contributed by atoms with Gasteiger partial charge in [-0.1, -0.05) is 18.2 Å². The fourth-order valence-electron chi connectivity index (χ4n) is 3.53. The van der Waals surface area contributed by atoms with Crippen molar-refractivity contribution in [3.63, 3.8) is 0 Å². The lowest BCUT2D eigenvalue weighted by Crippen LogP contribution is -2.47. The fourth-order valence-corrected chi connectivity index (χ4v) is 3.53. The minimum Gasteiger partial charge on any atom is -0.618 e. The number of anilines is 2. The summed E-state index contributed by atoms with van der Waals surface area (Å²) in [5.41, 5.74) is 1.77. The number of aromatic nitrogens is 2. The molecule has 1 aromatic heterocycles. The highest BCUT2D eigenvalue weighted by Gasteiger charge is 2.31. The van der Waals surface area contributed by atoms with E-state index in [0.717, 1.165) is 31.6 Å². The molecule has 4 rings (SSSR count). The molecule has 1 aliphatic heterocycles. The van der Waals surface area contributed by atoms with E-state index in [9.17, 15) is 15.2 Å². The van der Waals surface area contributed by atoms with Gasteiger partial charge in [0, 0.05) is 43.5 Å². The van der Waals surface area contributed by atoms with E-state index in [0.29, 0.717) is 15.1 Å². The Morgan fingerprint density at radius 3 is 2.41 bits per heavy atom. The van der Waals surface area contributed by atoms with Crippen LogP contribution in [-0.4, -0.2) is 19.0 Å². The fraction of sp³-hybridized carbons (Fsp3) is 0.250. The van der Waals surface area contributed by atoms with E-state index in [1.807, 2.05) is 12.1 Å². The molecule has 1 aliphatic rings. The molecule has 138 valence electrons. The summed E-state index contributed by atoms with van der Waals surface area (Å²) in [5, 5.41) is 28.3. The summed E-state index contributed by atoms with van der Waals surface area (Å²) in [4.78, 5) is 14.9. The number of carbonyl (C=O) groups excluding carboxylic acids is 1. The van der Waals surface area contributed by atoms with Crippen molar-refractivity contribution in [2.45, 2.75) is 19.8 Å². The van der Waals surface area contributed by atoms with Crippen LogP contribution in [0, 0.1) is 17.3 Å². The Morgan fingerprint density at radius 1 is 1.00 bits per heavy atom. The maximum Gasteiger partial charge on any atom is 0.351 e. The molecule has 3 aromatic rings. The monoisotopic (exact) mass is 364 g/mol. The lowest BCUT2D eigenvalue weighted by Gasteiger charge is -2.18. The van der Waals surface area contributed by atoms with E-state index < -0.39 is 5.91 Å². The van der Waals surface area contributed by atoms with E-state index >= 15 is 0 Å². The van der Waals surface area contributed by atoms with Crippen LogP contribution in [0.4, 0.5) is 11.4 Å². The van der Waals surface area contributed by atoms with Crippen molar-refractivity contribution in [1.82, 2.24) is 0 Å². The number of hydrogen-bond acceptors (Lipinski definition) is 4. The summed E-state index contributed by atoms with van der Waals surface area (Å²) in [6.07, 6.45) is 2.21. The largest absolute Gasteiger partial charge is 0.618 e. The van der Waals surface area contributed by atoms with Crippen LogP contribution in [0.25, 0.3) is 11.0 Å². The van der Waals surface area contributed by atoms with Gasteiger partial charge in [0.25, 0.3) is 16.7 Å². The first-order chi connectivity index (χ1) is 13.1. The van der Waals surface area contributed by atoms with Crippen LogP contribution in [0.5, 0.6) is 0 Å². The van der Waals surface area contributed by atoms with Crippen molar-refractivity contribution in [3.05, 3.63) is 70.3 Å². The van der Waals surface area contributed by atoms with Gasteiger partial charge in [0.2, 0.25) is 0 Å². The molecule has 1 N–H and O–H groups in total. The van der Waals surface area contributed by atoms with Crippen molar-refractivity contribution < 1.29 is 14.3 Å². The maximum absolute atomic E-state index is 13.0. The molecule has 1 amide bonds. The number of benzene rings is 2. The molecular weight excluding hydrogens is 344 g/mol. The minimum absolute atomic E-state index is 0.0693. The standard InChI is InChI=1S/C20H20N4O3/c1-14-19(20(25)21-15-7-3-2-4-8-15)24(27)18-13-16(22-11-5-6-12-22)9-10-17(18)23(14)26/h2-4,7-10,13H,5-6,11-12H2,1H3,(H,21,25). The number of nitrogens with zero attached hydrogens (tertiary/aromatic N) is 3. The second-order valence-electron chi connectivity index (χ2n) is 6.71. The van der Waals surface area contributed by atoms with Gasteiger partial charge < -0.3 is 20.6 Å². The Morgan fingerprint density at radius 2 is 1.70 bits per heavy atom. The second kappa shape index (κ2) is 6.75. The molecule has 0 aliphatic carbocycles. The highest BCUT2D eigenvalue weighted by atomic mass is 16.5. The third-order valence-electron chi connectivity index (χ3n) is 4.96. The van der Waals surface area contributed by atoms with Crippen LogP contribution >= 0.6 is 0 Å². The van der Waals surface area contributed by atoms with Gasteiger partial charge >= 0.3 is 11.6 Å². The number of carbonyl (C=O) groups is 1. The Balaban J connectivity index is 1.81. The van der Waals surface area contributed by atoms with Crippen LogP contribution < -0.4 is 19.7 Å². The Hall–Kier alpha value is -3.35. The van der Waals surface area contributed by atoms with Crippen molar-refractivity contribution in [2.24, 2.45) is 0 Å². The smallest absolute Gasteiger partial charge is 0.351 e. The van der Waals surface area contributed by atoms with Crippen molar-refractivity contribution in [3.8, 4) is 0 Å². The molecule has 2 heterocycles. The molecule has 0 unspecified atom stereocenters. The third-order valence-corrected chi connectivity index (χ3v) is 4.96. The molecule has 7 heteroatoms. The van der Waals surface area contributed by atoms with Crippen molar-refractivity contribution in [1.29, 1.82) is 0 Å². The molecule has 27 heavy (non-hydrogen) atoms. The third kappa shape index (κ3) is 3.01. The van der Waals surface area contributed by atoms with Gasteiger partial charge in [0.05, 0.1) is 0 Å². The molecule has 1 fully saturated rings. The second-order valence-corrected chi connectivity index (χ2v) is 6.71. The average molecular weight is 364 g/mol. The molecule has 2 aromatic carbocycles. The summed E-state index contributed by atoms with van der Waals surface area (Å²) in [6.45, 7) is 3.33. The van der Waals surface area contributed by atoms with Crippen LogP contribution in [-0.2, 0) is 0 Å². The summed E-state index contributed by atoms with van der Waals surface area (Å²) in [7, 11) is 0. The lowest BCUT2D eigenvalue weighted by molar-refractivity contribution is -0.635. The normalized spacial score (nSPS) is 13.9. The summed E-state index contributed by atoms with van der Waals surface area (Å²) in [5.74, 6) is -0.605. The Labute approximate surface area is 156 Å². The average Bonchev–Trinajstić information content (AvgIpc) is 3.21. The Kier molecular flexibility index (Phi) is 4.27. The number of rotatable bonds is 3. The Bertz CT molecular complexity index is 1010. The van der Waals surface area contributed by atoms with Crippen LogP contribution in [0.1, 0.15) is 29.0 Å². The molecule has 0 spiro atoms. The number of hydrogen-bond donors (Lipinski definition) is 1. The predicted molar refractivity (Wildman–Crippen MR) is 102 cm³/mol. The zero-order valence-electron chi connectivity index (χ0n) is 15.0. The zero-order chi connectivity index (χ0) is 19.0. The lowest BCUT2D eigenvalue weighted by atomic mass is 10.2. The van der Waals surface area contributed by atoms with Gasteiger partial charge in [-0.2, -0.15) is 4.73 Å². The molecular formula is C20H20N4O3. The number of fused-ring (bicyclic) bond motifs is 1. The van der Waals surface area contributed by atoms with E-state index in [1.54, 1.807) is 36.4 Å². The van der Waals surface area contributed by atoms with E-state index in [4.69, 9.17) is 0 Å². The van der Waals surface area contributed by atoms with Gasteiger partial charge in [-0.15, -0.1) is 4.73 Å². The van der Waals surface area contributed by atoms with E-state index in [2.05, 4.69) is 10.2 Å². The van der Waals surface area contributed by atoms with Crippen LogP contribution in [0.3, 0.4) is 0 Å². The van der Waals surface area contributed by atoms with Gasteiger partial charge in [0.1, 0.15) is 0 Å². The SMILES string of the molecule is Cc1c(C(=O)Nc2ccccc2)[n+]([O-])c2cc(N3CCCC3)ccc2[n+]1[O-]. The van der Waals surface area contributed by atoms with Gasteiger partial charge in [-0.25, -0.2) is 0 Å². The predicted octanol–water partition coefficient (Wildman–Crippen LogP) is 2.27. The first kappa shape index (κ1) is 17.1. The minimum atomic E-state index is -0.605. The number of amides is 1. The van der Waals surface area contributed by atoms with Crippen LogP contribution in [0.15, 0.2) is 48.5 Å². The van der Waals surface area contributed by atoms with Gasteiger partial charge in [-0.3, -0.25) is 4.79 Å². The first-order valence-electron chi connectivity index (χ1n) is 8.97. The quantitative estimate of drug-likeness (QED) is 0.571. The van der Waals surface area contributed by atoms with Gasteiger partial charge in [0.15, 0.2) is 0 Å². The zero-order valence-corrected chi connectivity index (χ0v) is 15.0. The highest BCUT2D eigenvalue weighted by molar-refractivity contribution is 6.02. The molecule has 0 bridgehead atoms. The van der Waals surface area contributed by atoms with Crippen LogP contribution in [0.2, 0.25) is 0 Å². The molecule has 1 saturated heterocycles. The number of para-hydroxylation sites is 1. The van der Waals surface area contributed by atoms with Gasteiger partial charge in [-0.05, 0) is 31.0 Å². The summed E-state index contributed by atoms with van der Waals surface area (Å²) in [6, 6.07) is 14.0. The molecule has 0 saturated carbocycles. The van der Waals surface area contributed by atoms with Crippen molar-refractivity contribution >= 4 is 28.3 Å². The number of nitrogens with one attached hydrogen (secondary N) is 1. The highest BCUT2D eigenvalue weighted by Crippen LogP contribution is 2.23. The molecule has 0 atom stereocenters. The topological polar surface area (TPSA) is 86.2 Å². The maximum atomic E-state index is 13.0. The van der Waals surface area contributed by atoms with Crippen molar-refractivity contribution in [2.75, 3.05) is 23.3 Å².